The van der Waals surface area contributed by atoms with Crippen LogP contribution in [0.1, 0.15) is 66.1 Å². The Labute approximate surface area is 140 Å². The maximum Gasteiger partial charge on any atom is 0.335 e. The molecule has 1 saturated carbocycles. The van der Waals surface area contributed by atoms with Gasteiger partial charge in [-0.15, -0.1) is 0 Å². The molecule has 2 N–H and O–H groups in total. The number of carboxylic acid groups (broad SMARTS) is 1. The number of hydrogen-bond donors (Lipinski definition) is 2. The van der Waals surface area contributed by atoms with Crippen LogP contribution in [0.2, 0.25) is 0 Å². The first-order chi connectivity index (χ1) is 11.3. The van der Waals surface area contributed by atoms with Crippen LogP contribution in [0.4, 0.5) is 5.69 Å². The standard InChI is InChI=1S/C18H21N3O3/c1-18(2,3)21-15(11-4-5-11)10-14(20-21)16(22)19-13-8-6-12(7-9-13)17(23)24/h6-11H,4-5H2,1-3H3,(H,19,22)(H,23,24). The number of hydrogen-bond acceptors (Lipinski definition) is 3. The smallest absolute Gasteiger partial charge is 0.335 e. The molecule has 1 aliphatic rings. The second-order valence-corrected chi connectivity index (χ2v) is 7.15. The molecule has 0 bridgehead atoms. The van der Waals surface area contributed by atoms with Gasteiger partial charge in [0.25, 0.3) is 5.91 Å². The van der Waals surface area contributed by atoms with Crippen LogP contribution in [0.15, 0.2) is 30.3 Å². The molecule has 24 heavy (non-hydrogen) atoms. The van der Waals surface area contributed by atoms with E-state index >= 15 is 0 Å². The Morgan fingerprint density at radius 2 is 1.83 bits per heavy atom. The summed E-state index contributed by atoms with van der Waals surface area (Å²) < 4.78 is 1.94. The third kappa shape index (κ3) is 3.32. The van der Waals surface area contributed by atoms with Crippen molar-refractivity contribution in [1.82, 2.24) is 9.78 Å². The monoisotopic (exact) mass is 327 g/mol. The molecule has 6 nitrogen and oxygen atoms in total. The lowest BCUT2D eigenvalue weighted by molar-refractivity contribution is 0.0696. The van der Waals surface area contributed by atoms with Crippen LogP contribution in [0.5, 0.6) is 0 Å². The highest BCUT2D eigenvalue weighted by Crippen LogP contribution is 2.41. The maximum absolute atomic E-state index is 12.5. The number of carbonyl (C=O) groups is 2. The van der Waals surface area contributed by atoms with Gasteiger partial charge in [-0.25, -0.2) is 4.79 Å². The van der Waals surface area contributed by atoms with Gasteiger partial charge >= 0.3 is 5.97 Å². The molecule has 0 radical (unpaired) electrons. The van der Waals surface area contributed by atoms with E-state index in [0.717, 1.165) is 18.5 Å². The van der Waals surface area contributed by atoms with Crippen LogP contribution in [0.3, 0.4) is 0 Å². The first kappa shape index (κ1) is 16.2. The zero-order valence-electron chi connectivity index (χ0n) is 14.0. The van der Waals surface area contributed by atoms with Gasteiger partial charge < -0.3 is 10.4 Å². The van der Waals surface area contributed by atoms with Gasteiger partial charge in [0.1, 0.15) is 0 Å². The molecular formula is C18H21N3O3. The largest absolute Gasteiger partial charge is 0.478 e. The second kappa shape index (κ2) is 5.78. The van der Waals surface area contributed by atoms with E-state index in [-0.39, 0.29) is 17.0 Å². The van der Waals surface area contributed by atoms with Crippen molar-refractivity contribution in [1.29, 1.82) is 0 Å². The average Bonchev–Trinajstić information content (AvgIpc) is 3.24. The molecule has 0 spiro atoms. The molecule has 0 aliphatic heterocycles. The molecule has 3 rings (SSSR count). The maximum atomic E-state index is 12.5. The van der Waals surface area contributed by atoms with Crippen molar-refractivity contribution in [2.45, 2.75) is 45.1 Å². The molecule has 1 fully saturated rings. The predicted molar refractivity (Wildman–Crippen MR) is 90.6 cm³/mol. The minimum atomic E-state index is -0.995. The van der Waals surface area contributed by atoms with Gasteiger partial charge in [0.05, 0.1) is 11.1 Å². The molecule has 0 saturated heterocycles. The Bertz CT molecular complexity index is 781. The zero-order valence-corrected chi connectivity index (χ0v) is 14.0. The van der Waals surface area contributed by atoms with E-state index in [0.29, 0.717) is 17.3 Å². The quantitative estimate of drug-likeness (QED) is 0.900. The highest BCUT2D eigenvalue weighted by molar-refractivity contribution is 6.03. The molecule has 126 valence electrons. The highest BCUT2D eigenvalue weighted by Gasteiger charge is 2.32. The number of benzene rings is 1. The number of nitrogens with one attached hydrogen (secondary N) is 1. The summed E-state index contributed by atoms with van der Waals surface area (Å²) in [5, 5.41) is 16.2. The molecule has 6 heteroatoms. The van der Waals surface area contributed by atoms with E-state index in [1.807, 2.05) is 10.7 Å². The van der Waals surface area contributed by atoms with Crippen molar-refractivity contribution in [3.63, 3.8) is 0 Å². The summed E-state index contributed by atoms with van der Waals surface area (Å²) in [5.74, 6) is -0.790. The van der Waals surface area contributed by atoms with Crippen molar-refractivity contribution >= 4 is 17.6 Å². The fraction of sp³-hybridized carbons (Fsp3) is 0.389. The van der Waals surface area contributed by atoms with Gasteiger partial charge in [0.2, 0.25) is 0 Å². The average molecular weight is 327 g/mol. The summed E-state index contributed by atoms with van der Waals surface area (Å²) in [7, 11) is 0. The molecule has 2 aromatic rings. The van der Waals surface area contributed by atoms with Gasteiger partial charge in [-0.05, 0) is 63.9 Å². The number of aromatic nitrogens is 2. The van der Waals surface area contributed by atoms with E-state index in [1.165, 1.54) is 12.1 Å². The summed E-state index contributed by atoms with van der Waals surface area (Å²) in [6.07, 6.45) is 2.28. The molecule has 1 aliphatic carbocycles. The zero-order chi connectivity index (χ0) is 17.5. The summed E-state index contributed by atoms with van der Waals surface area (Å²) in [4.78, 5) is 23.3. The second-order valence-electron chi connectivity index (χ2n) is 7.15. The summed E-state index contributed by atoms with van der Waals surface area (Å²) in [6, 6.07) is 7.93. The van der Waals surface area contributed by atoms with Crippen LogP contribution >= 0.6 is 0 Å². The number of carboxylic acids is 1. The Morgan fingerprint density at radius 3 is 2.33 bits per heavy atom. The van der Waals surface area contributed by atoms with Crippen molar-refractivity contribution in [3.05, 3.63) is 47.3 Å². The lowest BCUT2D eigenvalue weighted by Crippen LogP contribution is -2.25. The number of anilines is 1. The van der Waals surface area contributed by atoms with Gasteiger partial charge in [0.15, 0.2) is 5.69 Å². The molecule has 0 unspecified atom stereocenters. The Hall–Kier alpha value is -2.63. The van der Waals surface area contributed by atoms with Crippen LogP contribution < -0.4 is 5.32 Å². The molecule has 0 atom stereocenters. The number of carbonyl (C=O) groups excluding carboxylic acids is 1. The third-order valence-electron chi connectivity index (χ3n) is 3.99. The number of aromatic carboxylic acids is 1. The van der Waals surface area contributed by atoms with Gasteiger partial charge in [0, 0.05) is 17.3 Å². The summed E-state index contributed by atoms with van der Waals surface area (Å²) in [6.45, 7) is 6.20. The first-order valence-electron chi connectivity index (χ1n) is 8.01. The van der Waals surface area contributed by atoms with Gasteiger partial charge in [-0.2, -0.15) is 5.10 Å². The SMILES string of the molecule is CC(C)(C)n1nc(C(=O)Nc2ccc(C(=O)O)cc2)cc1C1CC1. The van der Waals surface area contributed by atoms with E-state index < -0.39 is 5.97 Å². The fourth-order valence-electron chi connectivity index (χ4n) is 2.60. The van der Waals surface area contributed by atoms with Crippen LogP contribution in [0.25, 0.3) is 0 Å². The summed E-state index contributed by atoms with van der Waals surface area (Å²) in [5.41, 5.74) is 2.03. The van der Waals surface area contributed by atoms with Crippen molar-refractivity contribution in [2.24, 2.45) is 0 Å². The van der Waals surface area contributed by atoms with E-state index in [1.54, 1.807) is 12.1 Å². The predicted octanol–water partition coefficient (Wildman–Crippen LogP) is 3.47. The minimum Gasteiger partial charge on any atom is -0.478 e. The lowest BCUT2D eigenvalue weighted by atomic mass is 10.1. The van der Waals surface area contributed by atoms with Crippen LogP contribution in [0, 0.1) is 0 Å². The number of rotatable bonds is 4. The summed E-state index contributed by atoms with van der Waals surface area (Å²) >= 11 is 0. The topological polar surface area (TPSA) is 84.2 Å². The van der Waals surface area contributed by atoms with Gasteiger partial charge in [-0.3, -0.25) is 9.48 Å². The lowest BCUT2D eigenvalue weighted by Gasteiger charge is -2.22. The molecule has 1 aromatic heterocycles. The normalized spacial score (nSPS) is 14.5. The molecule has 1 heterocycles. The van der Waals surface area contributed by atoms with Crippen molar-refractivity contribution in [2.75, 3.05) is 5.32 Å². The van der Waals surface area contributed by atoms with E-state index in [9.17, 15) is 9.59 Å². The van der Waals surface area contributed by atoms with Crippen molar-refractivity contribution in [3.8, 4) is 0 Å². The molecule has 1 amide bonds. The Morgan fingerprint density at radius 1 is 1.21 bits per heavy atom. The minimum absolute atomic E-state index is 0.181. The first-order valence-corrected chi connectivity index (χ1v) is 8.01. The number of nitrogens with zero attached hydrogens (tertiary/aromatic N) is 2. The van der Waals surface area contributed by atoms with E-state index in [2.05, 4.69) is 31.2 Å². The van der Waals surface area contributed by atoms with Crippen molar-refractivity contribution < 1.29 is 14.7 Å². The third-order valence-corrected chi connectivity index (χ3v) is 3.99. The van der Waals surface area contributed by atoms with E-state index in [4.69, 9.17) is 5.11 Å². The fourth-order valence-corrected chi connectivity index (χ4v) is 2.60. The highest BCUT2D eigenvalue weighted by atomic mass is 16.4. The molecular weight excluding hydrogens is 306 g/mol. The number of amides is 1. The van der Waals surface area contributed by atoms with Crippen LogP contribution in [-0.4, -0.2) is 26.8 Å². The molecule has 1 aromatic carbocycles. The Kier molecular flexibility index (Phi) is 3.91. The van der Waals surface area contributed by atoms with Gasteiger partial charge in [-0.1, -0.05) is 0 Å². The van der Waals surface area contributed by atoms with Crippen LogP contribution in [-0.2, 0) is 5.54 Å². The Balaban J connectivity index is 1.81.